The van der Waals surface area contributed by atoms with Crippen LogP contribution in [0.1, 0.15) is 28.8 Å². The molecule has 6 nitrogen and oxygen atoms in total. The fourth-order valence-corrected chi connectivity index (χ4v) is 4.44. The van der Waals surface area contributed by atoms with Crippen LogP contribution in [0.5, 0.6) is 0 Å². The van der Waals surface area contributed by atoms with Gasteiger partial charge in [-0.25, -0.2) is 0 Å². The second kappa shape index (κ2) is 10.8. The SMILES string of the molecule is O=C(CCCN1C(=O)/C(=C/c2ccccc2Cl)SC1=S)NNC(=O)c1ccccc1Cl. The Morgan fingerprint density at radius 2 is 1.71 bits per heavy atom. The number of nitrogens with one attached hydrogen (secondary N) is 2. The third-order valence-electron chi connectivity index (χ3n) is 4.28. The van der Waals surface area contributed by atoms with E-state index in [1.807, 2.05) is 18.2 Å². The lowest BCUT2D eigenvalue weighted by Crippen LogP contribution is -2.42. The number of carbonyl (C=O) groups is 3. The molecule has 3 rings (SSSR count). The van der Waals surface area contributed by atoms with Gasteiger partial charge >= 0.3 is 0 Å². The molecular weight excluding hydrogens is 477 g/mol. The van der Waals surface area contributed by atoms with E-state index in [2.05, 4.69) is 10.9 Å². The van der Waals surface area contributed by atoms with E-state index in [4.69, 9.17) is 35.4 Å². The van der Waals surface area contributed by atoms with Crippen molar-refractivity contribution in [1.29, 1.82) is 0 Å². The molecule has 2 N–H and O–H groups in total. The van der Waals surface area contributed by atoms with E-state index in [1.165, 1.54) is 16.7 Å². The van der Waals surface area contributed by atoms with E-state index in [1.54, 1.807) is 36.4 Å². The second-order valence-electron chi connectivity index (χ2n) is 6.44. The lowest BCUT2D eigenvalue weighted by atomic mass is 10.2. The molecule has 0 spiro atoms. The van der Waals surface area contributed by atoms with Crippen molar-refractivity contribution in [2.75, 3.05) is 6.54 Å². The molecule has 2 aromatic carbocycles. The number of hydrogen-bond acceptors (Lipinski definition) is 5. The summed E-state index contributed by atoms with van der Waals surface area (Å²) >= 11 is 18.6. The van der Waals surface area contributed by atoms with E-state index in [-0.39, 0.29) is 29.5 Å². The van der Waals surface area contributed by atoms with Gasteiger partial charge in [-0.05, 0) is 36.3 Å². The van der Waals surface area contributed by atoms with Crippen LogP contribution in [-0.4, -0.2) is 33.5 Å². The van der Waals surface area contributed by atoms with Crippen LogP contribution in [0.3, 0.4) is 0 Å². The number of halogens is 2. The minimum absolute atomic E-state index is 0.101. The van der Waals surface area contributed by atoms with Gasteiger partial charge in [0.15, 0.2) is 0 Å². The lowest BCUT2D eigenvalue weighted by molar-refractivity contribution is -0.124. The van der Waals surface area contributed by atoms with E-state index in [0.29, 0.717) is 20.7 Å². The second-order valence-corrected chi connectivity index (χ2v) is 8.93. The number of rotatable bonds is 6. The van der Waals surface area contributed by atoms with Gasteiger partial charge in [0.1, 0.15) is 4.32 Å². The Morgan fingerprint density at radius 3 is 2.42 bits per heavy atom. The standard InChI is InChI=1S/C21H17Cl2N3O3S2/c22-15-8-3-1-6-13(15)12-17-20(29)26(21(30)31-17)11-5-10-18(27)24-25-19(28)14-7-2-4-9-16(14)23/h1-4,6-9,12H,5,10-11H2,(H,24,27)(H,25,28)/b17-12-. The molecule has 0 aliphatic carbocycles. The number of thioether (sulfide) groups is 1. The molecule has 1 heterocycles. The summed E-state index contributed by atoms with van der Waals surface area (Å²) in [5.41, 5.74) is 5.65. The van der Waals surface area contributed by atoms with E-state index >= 15 is 0 Å². The van der Waals surface area contributed by atoms with Crippen molar-refractivity contribution in [2.45, 2.75) is 12.8 Å². The zero-order valence-electron chi connectivity index (χ0n) is 16.1. The summed E-state index contributed by atoms with van der Waals surface area (Å²) in [7, 11) is 0. The Kier molecular flexibility index (Phi) is 8.09. The predicted octanol–water partition coefficient (Wildman–Crippen LogP) is 4.44. The molecule has 1 fully saturated rings. The summed E-state index contributed by atoms with van der Waals surface area (Å²) in [4.78, 5) is 38.7. The third kappa shape index (κ3) is 6.07. The predicted molar refractivity (Wildman–Crippen MR) is 128 cm³/mol. The fraction of sp³-hybridized carbons (Fsp3) is 0.143. The number of thiocarbonyl (C=S) groups is 1. The maximum Gasteiger partial charge on any atom is 0.271 e. The number of hydrazine groups is 1. The Hall–Kier alpha value is -2.39. The van der Waals surface area contributed by atoms with Gasteiger partial charge in [-0.3, -0.25) is 30.1 Å². The maximum absolute atomic E-state index is 12.6. The molecule has 0 atom stereocenters. The molecule has 2 aromatic rings. The minimum Gasteiger partial charge on any atom is -0.293 e. The van der Waals surface area contributed by atoms with Crippen molar-refractivity contribution in [3.63, 3.8) is 0 Å². The highest BCUT2D eigenvalue weighted by Gasteiger charge is 2.31. The van der Waals surface area contributed by atoms with Gasteiger partial charge in [-0.15, -0.1) is 0 Å². The van der Waals surface area contributed by atoms with E-state index in [9.17, 15) is 14.4 Å². The van der Waals surface area contributed by atoms with Gasteiger partial charge in [0, 0.05) is 18.0 Å². The largest absolute Gasteiger partial charge is 0.293 e. The first kappa shape index (κ1) is 23.3. The highest BCUT2D eigenvalue weighted by atomic mass is 35.5. The van der Waals surface area contributed by atoms with Crippen molar-refractivity contribution >= 4 is 75.3 Å². The summed E-state index contributed by atoms with van der Waals surface area (Å²) < 4.78 is 0.427. The van der Waals surface area contributed by atoms with Gasteiger partial charge in [0.05, 0.1) is 15.5 Å². The van der Waals surface area contributed by atoms with Crippen LogP contribution in [0.4, 0.5) is 0 Å². The van der Waals surface area contributed by atoms with Crippen LogP contribution in [0.2, 0.25) is 10.0 Å². The number of hydrogen-bond donors (Lipinski definition) is 2. The summed E-state index contributed by atoms with van der Waals surface area (Å²) in [6.07, 6.45) is 2.18. The summed E-state index contributed by atoms with van der Waals surface area (Å²) in [5, 5.41) is 0.830. The molecule has 0 aromatic heterocycles. The van der Waals surface area contributed by atoms with Crippen LogP contribution in [0.25, 0.3) is 6.08 Å². The lowest BCUT2D eigenvalue weighted by Gasteiger charge is -2.14. The van der Waals surface area contributed by atoms with Crippen molar-refractivity contribution in [3.8, 4) is 0 Å². The van der Waals surface area contributed by atoms with Gasteiger partial charge < -0.3 is 0 Å². The normalized spacial score (nSPS) is 14.8. The molecule has 0 bridgehead atoms. The minimum atomic E-state index is -0.513. The maximum atomic E-state index is 12.6. The zero-order valence-corrected chi connectivity index (χ0v) is 19.2. The van der Waals surface area contributed by atoms with Gasteiger partial charge in [0.25, 0.3) is 11.8 Å². The first-order chi connectivity index (χ1) is 14.9. The Bertz CT molecular complexity index is 1080. The fourth-order valence-electron chi connectivity index (χ4n) is 2.73. The monoisotopic (exact) mass is 493 g/mol. The quantitative estimate of drug-likeness (QED) is 0.353. The summed E-state index contributed by atoms with van der Waals surface area (Å²) in [5.74, 6) is -1.12. The first-order valence-corrected chi connectivity index (χ1v) is 11.2. The van der Waals surface area contributed by atoms with Gasteiger partial charge in [-0.1, -0.05) is 77.5 Å². The molecule has 0 radical (unpaired) electrons. The molecule has 10 heteroatoms. The van der Waals surface area contributed by atoms with E-state index < -0.39 is 11.8 Å². The van der Waals surface area contributed by atoms with Gasteiger partial charge in [0.2, 0.25) is 5.91 Å². The molecule has 1 aliphatic rings. The molecule has 1 aliphatic heterocycles. The van der Waals surface area contributed by atoms with Crippen molar-refractivity contribution < 1.29 is 14.4 Å². The number of nitrogens with zero attached hydrogens (tertiary/aromatic N) is 1. The molecule has 0 unspecified atom stereocenters. The summed E-state index contributed by atoms with van der Waals surface area (Å²) in [6, 6.07) is 13.7. The number of amides is 3. The number of carbonyl (C=O) groups excluding carboxylic acids is 3. The van der Waals surface area contributed by atoms with Crippen molar-refractivity contribution in [3.05, 3.63) is 74.6 Å². The van der Waals surface area contributed by atoms with Crippen molar-refractivity contribution in [1.82, 2.24) is 15.8 Å². The molecule has 160 valence electrons. The third-order valence-corrected chi connectivity index (χ3v) is 6.34. The molecule has 3 amide bonds. The van der Waals surface area contributed by atoms with Crippen molar-refractivity contribution in [2.24, 2.45) is 0 Å². The van der Waals surface area contributed by atoms with Crippen LogP contribution in [0.15, 0.2) is 53.4 Å². The molecule has 31 heavy (non-hydrogen) atoms. The highest BCUT2D eigenvalue weighted by molar-refractivity contribution is 8.26. The average Bonchev–Trinajstić information content (AvgIpc) is 3.01. The molecule has 0 saturated carbocycles. The van der Waals surface area contributed by atoms with Gasteiger partial charge in [-0.2, -0.15) is 0 Å². The number of benzene rings is 2. The smallest absolute Gasteiger partial charge is 0.271 e. The summed E-state index contributed by atoms with van der Waals surface area (Å²) in [6.45, 7) is 0.288. The zero-order chi connectivity index (χ0) is 22.4. The van der Waals surface area contributed by atoms with E-state index in [0.717, 1.165) is 5.56 Å². The highest BCUT2D eigenvalue weighted by Crippen LogP contribution is 2.33. The van der Waals surface area contributed by atoms with Crippen LogP contribution >= 0.6 is 47.2 Å². The van der Waals surface area contributed by atoms with Crippen LogP contribution in [0, 0.1) is 0 Å². The molecular formula is C21H17Cl2N3O3S2. The first-order valence-electron chi connectivity index (χ1n) is 9.20. The molecule has 1 saturated heterocycles. The van der Waals surface area contributed by atoms with Crippen LogP contribution in [-0.2, 0) is 9.59 Å². The topological polar surface area (TPSA) is 78.5 Å². The Morgan fingerprint density at radius 1 is 1.03 bits per heavy atom. The van der Waals surface area contributed by atoms with Crippen LogP contribution < -0.4 is 10.9 Å². The Labute approximate surface area is 198 Å². The average molecular weight is 494 g/mol. The Balaban J connectivity index is 1.48.